The maximum atomic E-state index is 14.9. The first-order chi connectivity index (χ1) is 17.3. The lowest BCUT2D eigenvalue weighted by Crippen LogP contribution is -2.32. The summed E-state index contributed by atoms with van der Waals surface area (Å²) < 4.78 is 47.0. The van der Waals surface area contributed by atoms with Crippen molar-refractivity contribution in [3.63, 3.8) is 0 Å². The van der Waals surface area contributed by atoms with Crippen molar-refractivity contribution in [2.45, 2.75) is 37.6 Å². The summed E-state index contributed by atoms with van der Waals surface area (Å²) in [5.41, 5.74) is 0.846. The van der Waals surface area contributed by atoms with Gasteiger partial charge in [-0.25, -0.2) is 28.7 Å². The number of nitrogens with zero attached hydrogens (tertiary/aromatic N) is 4. The van der Waals surface area contributed by atoms with Gasteiger partial charge in [-0.05, 0) is 31.0 Å². The van der Waals surface area contributed by atoms with Crippen molar-refractivity contribution in [3.05, 3.63) is 60.1 Å². The molecule has 0 radical (unpaired) electrons. The predicted octanol–water partition coefficient (Wildman–Crippen LogP) is 4.86. The number of nitrogens with one attached hydrogen (secondary N) is 3. The fourth-order valence-electron chi connectivity index (χ4n) is 4.17. The molecule has 0 saturated heterocycles. The highest BCUT2D eigenvalue weighted by Crippen LogP contribution is 2.35. The van der Waals surface area contributed by atoms with E-state index < -0.39 is 17.7 Å². The van der Waals surface area contributed by atoms with Gasteiger partial charge in [0.2, 0.25) is 17.8 Å². The first-order valence-electron chi connectivity index (χ1n) is 11.3. The van der Waals surface area contributed by atoms with E-state index in [2.05, 4.69) is 35.6 Å². The van der Waals surface area contributed by atoms with E-state index in [1.54, 1.807) is 12.1 Å². The van der Waals surface area contributed by atoms with Gasteiger partial charge in [0.25, 0.3) is 0 Å². The fraction of sp³-hybridized carbons (Fsp3) is 0.292. The number of pyridine rings is 2. The summed E-state index contributed by atoms with van der Waals surface area (Å²) in [5.74, 6) is -3.28. The van der Waals surface area contributed by atoms with E-state index in [1.807, 2.05) is 0 Å². The summed E-state index contributed by atoms with van der Waals surface area (Å²) in [6, 6.07) is 5.92. The third-order valence-corrected chi connectivity index (χ3v) is 6.08. The number of carbonyl (C=O) groups excluding carboxylic acids is 1. The van der Waals surface area contributed by atoms with Crippen molar-refractivity contribution in [2.24, 2.45) is 0 Å². The lowest BCUT2D eigenvalue weighted by Gasteiger charge is -2.29. The number of aromatic amines is 1. The number of aromatic nitrogens is 5. The minimum Gasteiger partial charge on any atom is -0.481 e. The van der Waals surface area contributed by atoms with Gasteiger partial charge >= 0.3 is 0 Å². The Kier molecular flexibility index (Phi) is 6.17. The van der Waals surface area contributed by atoms with Gasteiger partial charge in [-0.15, -0.1) is 0 Å². The summed E-state index contributed by atoms with van der Waals surface area (Å²) in [7, 11) is 1.50. The quantitative estimate of drug-likeness (QED) is 0.245. The van der Waals surface area contributed by atoms with Crippen molar-refractivity contribution in [1.82, 2.24) is 24.9 Å². The molecule has 1 saturated carbocycles. The van der Waals surface area contributed by atoms with Crippen LogP contribution in [-0.4, -0.2) is 49.8 Å². The molecule has 3 N–H and O–H groups in total. The highest BCUT2D eigenvalue weighted by molar-refractivity contribution is 6.18. The standard InChI is InChI=1S/C24H22F3N7O2/c1-36-18-5-2-14(10-28-18)32-17-4-3-15(21(25)34-17)20(35)16-11-29-22-19(16)23(31-12-30-22)33-13-6-8-24(26,27)9-7-13/h2-5,10-13H,6-9H2,1H3,(H,32,34)(H2,29,30,31,33). The number of carbonyl (C=O) groups is 1. The number of H-pyrrole nitrogens is 1. The number of rotatable bonds is 7. The van der Waals surface area contributed by atoms with Crippen LogP contribution in [0.25, 0.3) is 11.0 Å². The zero-order valence-electron chi connectivity index (χ0n) is 19.2. The van der Waals surface area contributed by atoms with Gasteiger partial charge in [0.15, 0.2) is 5.78 Å². The molecule has 0 unspecified atom stereocenters. The average Bonchev–Trinajstić information content (AvgIpc) is 3.31. The monoisotopic (exact) mass is 497 g/mol. The van der Waals surface area contributed by atoms with Crippen LogP contribution in [-0.2, 0) is 0 Å². The van der Waals surface area contributed by atoms with Crippen LogP contribution in [0, 0.1) is 5.95 Å². The number of hydrogen-bond donors (Lipinski definition) is 3. The maximum Gasteiger partial charge on any atom is 0.248 e. The normalized spacial score (nSPS) is 15.6. The Balaban J connectivity index is 1.38. The highest BCUT2D eigenvalue weighted by Gasteiger charge is 2.35. The molecule has 4 aromatic rings. The molecule has 0 atom stereocenters. The van der Waals surface area contributed by atoms with Crippen LogP contribution in [0.1, 0.15) is 41.6 Å². The van der Waals surface area contributed by atoms with Gasteiger partial charge in [0, 0.05) is 31.1 Å². The third-order valence-electron chi connectivity index (χ3n) is 6.08. The molecule has 0 amide bonds. The zero-order valence-corrected chi connectivity index (χ0v) is 19.2. The van der Waals surface area contributed by atoms with Crippen molar-refractivity contribution in [2.75, 3.05) is 17.7 Å². The maximum absolute atomic E-state index is 14.9. The van der Waals surface area contributed by atoms with Gasteiger partial charge in [-0.3, -0.25) is 4.79 Å². The number of alkyl halides is 2. The minimum absolute atomic E-state index is 0.148. The van der Waals surface area contributed by atoms with E-state index in [-0.39, 0.29) is 48.7 Å². The fourth-order valence-corrected chi connectivity index (χ4v) is 4.17. The van der Waals surface area contributed by atoms with E-state index in [9.17, 15) is 18.0 Å². The predicted molar refractivity (Wildman–Crippen MR) is 126 cm³/mol. The SMILES string of the molecule is COc1ccc(Nc2ccc(C(=O)c3c[nH]c4ncnc(NC5CCC(F)(F)CC5)c34)c(F)n2)cn1. The molecule has 0 spiro atoms. The molecule has 4 aromatic heterocycles. The number of methoxy groups -OCH3 is 1. The summed E-state index contributed by atoms with van der Waals surface area (Å²) in [4.78, 5) is 32.5. The summed E-state index contributed by atoms with van der Waals surface area (Å²) >= 11 is 0. The molecule has 186 valence electrons. The Morgan fingerprint density at radius 3 is 2.61 bits per heavy atom. The van der Waals surface area contributed by atoms with E-state index in [0.29, 0.717) is 28.4 Å². The Morgan fingerprint density at radius 1 is 1.11 bits per heavy atom. The zero-order chi connectivity index (χ0) is 25.3. The number of ether oxygens (including phenoxy) is 1. The second-order valence-corrected chi connectivity index (χ2v) is 8.50. The lowest BCUT2D eigenvalue weighted by molar-refractivity contribution is -0.0361. The van der Waals surface area contributed by atoms with Crippen LogP contribution in [0.4, 0.5) is 30.5 Å². The van der Waals surface area contributed by atoms with E-state index >= 15 is 0 Å². The topological polar surface area (TPSA) is 118 Å². The summed E-state index contributed by atoms with van der Waals surface area (Å²) in [6.07, 6.45) is 4.33. The Bertz CT molecular complexity index is 1400. The first-order valence-corrected chi connectivity index (χ1v) is 11.3. The highest BCUT2D eigenvalue weighted by atomic mass is 19.3. The van der Waals surface area contributed by atoms with Crippen molar-refractivity contribution in [3.8, 4) is 5.88 Å². The Morgan fingerprint density at radius 2 is 1.92 bits per heavy atom. The lowest BCUT2D eigenvalue weighted by atomic mass is 9.92. The molecular formula is C24H22F3N7O2. The largest absolute Gasteiger partial charge is 0.481 e. The van der Waals surface area contributed by atoms with E-state index in [4.69, 9.17) is 4.74 Å². The molecule has 4 heterocycles. The van der Waals surface area contributed by atoms with Crippen LogP contribution < -0.4 is 15.4 Å². The summed E-state index contributed by atoms with van der Waals surface area (Å²) in [5, 5.41) is 6.45. The van der Waals surface area contributed by atoms with Crippen molar-refractivity contribution >= 4 is 34.1 Å². The number of halogens is 3. The number of anilines is 3. The Hall–Kier alpha value is -4.22. The first kappa shape index (κ1) is 23.5. The number of hydrogen-bond acceptors (Lipinski definition) is 8. The Labute approximate surface area is 203 Å². The van der Waals surface area contributed by atoms with Gasteiger partial charge in [-0.1, -0.05) is 0 Å². The number of fused-ring (bicyclic) bond motifs is 1. The molecule has 9 nitrogen and oxygen atoms in total. The van der Waals surface area contributed by atoms with Gasteiger partial charge < -0.3 is 20.4 Å². The van der Waals surface area contributed by atoms with Crippen LogP contribution in [0.15, 0.2) is 43.0 Å². The van der Waals surface area contributed by atoms with E-state index in [0.717, 1.165) is 0 Å². The van der Waals surface area contributed by atoms with Crippen LogP contribution in [0.2, 0.25) is 0 Å². The molecule has 0 aliphatic heterocycles. The van der Waals surface area contributed by atoms with Gasteiger partial charge in [0.05, 0.1) is 35.5 Å². The average molecular weight is 497 g/mol. The third kappa shape index (κ3) is 4.79. The van der Waals surface area contributed by atoms with Crippen LogP contribution in [0.3, 0.4) is 0 Å². The molecular weight excluding hydrogens is 475 g/mol. The smallest absolute Gasteiger partial charge is 0.248 e. The van der Waals surface area contributed by atoms with Gasteiger partial charge in [-0.2, -0.15) is 4.39 Å². The molecule has 0 bridgehead atoms. The number of ketones is 1. The van der Waals surface area contributed by atoms with Crippen LogP contribution in [0.5, 0.6) is 5.88 Å². The second kappa shape index (κ2) is 9.44. The second-order valence-electron chi connectivity index (χ2n) is 8.50. The molecule has 0 aromatic carbocycles. The molecule has 12 heteroatoms. The minimum atomic E-state index is -2.66. The summed E-state index contributed by atoms with van der Waals surface area (Å²) in [6.45, 7) is 0. The molecule has 36 heavy (non-hydrogen) atoms. The van der Waals surface area contributed by atoms with E-state index in [1.165, 1.54) is 38.0 Å². The molecule has 1 aliphatic rings. The van der Waals surface area contributed by atoms with Crippen molar-refractivity contribution < 1.29 is 22.7 Å². The van der Waals surface area contributed by atoms with Gasteiger partial charge in [0.1, 0.15) is 23.6 Å². The molecule has 1 aliphatic carbocycles. The molecule has 1 fully saturated rings. The van der Waals surface area contributed by atoms with Crippen LogP contribution >= 0.6 is 0 Å². The van der Waals surface area contributed by atoms with Crippen molar-refractivity contribution in [1.29, 1.82) is 0 Å². The molecule has 5 rings (SSSR count).